The fourth-order valence-electron chi connectivity index (χ4n) is 1.37. The van der Waals surface area contributed by atoms with E-state index < -0.39 is 9.76 Å². The molecule has 0 aliphatic rings. The Morgan fingerprint density at radius 2 is 1.30 bits per heavy atom. The van der Waals surface area contributed by atoms with Gasteiger partial charge >= 0.3 is 5.97 Å². The van der Waals surface area contributed by atoms with E-state index in [9.17, 15) is 4.79 Å². The summed E-state index contributed by atoms with van der Waals surface area (Å²) in [5, 5.41) is 0. The molecule has 0 radical (unpaired) electrons. The zero-order chi connectivity index (χ0) is 14.6. The van der Waals surface area contributed by atoms with Crippen LogP contribution in [0.25, 0.3) is 0 Å². The standard InChI is InChI=1S/C14H9Cl3O3/c15-14(16,17)13(18)20-12-8-6-11(7-9-12)19-10-4-2-1-3-5-10/h1-9H. The highest BCUT2D eigenvalue weighted by atomic mass is 35.6. The molecule has 0 amide bonds. The second-order valence-corrected chi connectivity index (χ2v) is 6.06. The number of carbonyl (C=O) groups is 1. The lowest BCUT2D eigenvalue weighted by atomic mass is 10.3. The molecule has 0 aliphatic carbocycles. The molecule has 0 saturated heterocycles. The molecule has 0 saturated carbocycles. The Hall–Kier alpha value is -1.42. The molecule has 0 atom stereocenters. The third-order valence-corrected chi connectivity index (χ3v) is 2.71. The van der Waals surface area contributed by atoms with Crippen LogP contribution < -0.4 is 9.47 Å². The fraction of sp³-hybridized carbons (Fsp3) is 0.0714. The second-order valence-electron chi connectivity index (χ2n) is 3.77. The number of carbonyl (C=O) groups excluding carboxylic acids is 1. The second kappa shape index (κ2) is 6.35. The third-order valence-electron chi connectivity index (χ3n) is 2.24. The van der Waals surface area contributed by atoms with Crippen LogP contribution >= 0.6 is 34.8 Å². The summed E-state index contributed by atoms with van der Waals surface area (Å²) in [7, 11) is 0. The van der Waals surface area contributed by atoms with Gasteiger partial charge in [-0.15, -0.1) is 0 Å². The van der Waals surface area contributed by atoms with E-state index >= 15 is 0 Å². The van der Waals surface area contributed by atoms with Crippen molar-refractivity contribution in [3.8, 4) is 17.2 Å². The molecule has 0 bridgehead atoms. The fourth-order valence-corrected chi connectivity index (χ4v) is 1.48. The van der Waals surface area contributed by atoms with Gasteiger partial charge in [0.05, 0.1) is 0 Å². The molecule has 0 aliphatic heterocycles. The van der Waals surface area contributed by atoms with E-state index in [1.165, 1.54) is 0 Å². The lowest BCUT2D eigenvalue weighted by Crippen LogP contribution is -2.24. The number of rotatable bonds is 3. The van der Waals surface area contributed by atoms with E-state index in [0.717, 1.165) is 0 Å². The van der Waals surface area contributed by atoms with Crippen molar-refractivity contribution in [2.75, 3.05) is 0 Å². The molecular formula is C14H9Cl3O3. The van der Waals surface area contributed by atoms with Gasteiger partial charge < -0.3 is 9.47 Å². The van der Waals surface area contributed by atoms with Crippen molar-refractivity contribution in [2.45, 2.75) is 3.79 Å². The van der Waals surface area contributed by atoms with Gasteiger partial charge in [0.2, 0.25) is 0 Å². The molecule has 3 nitrogen and oxygen atoms in total. The smallest absolute Gasteiger partial charge is 0.363 e. The monoisotopic (exact) mass is 330 g/mol. The predicted molar refractivity (Wildman–Crippen MR) is 78.9 cm³/mol. The first-order valence-electron chi connectivity index (χ1n) is 5.57. The SMILES string of the molecule is O=C(Oc1ccc(Oc2ccccc2)cc1)C(Cl)(Cl)Cl. The van der Waals surface area contributed by atoms with Crippen LogP contribution in [0.5, 0.6) is 17.2 Å². The van der Waals surface area contributed by atoms with Crippen molar-refractivity contribution in [3.63, 3.8) is 0 Å². The third kappa shape index (κ3) is 4.30. The molecule has 0 aromatic heterocycles. The molecule has 6 heteroatoms. The average molecular weight is 332 g/mol. The molecule has 2 aromatic carbocycles. The molecule has 0 N–H and O–H groups in total. The number of benzene rings is 2. The first-order chi connectivity index (χ1) is 9.45. The summed E-state index contributed by atoms with van der Waals surface area (Å²) in [5.74, 6) is 0.615. The summed E-state index contributed by atoms with van der Waals surface area (Å²) in [6.45, 7) is 0. The molecule has 0 unspecified atom stereocenters. The molecule has 0 heterocycles. The summed E-state index contributed by atoms with van der Waals surface area (Å²) in [5.41, 5.74) is 0. The van der Waals surface area contributed by atoms with Crippen LogP contribution in [-0.4, -0.2) is 9.76 Å². The van der Waals surface area contributed by atoms with Crippen molar-refractivity contribution in [3.05, 3.63) is 54.6 Å². The lowest BCUT2D eigenvalue weighted by Gasteiger charge is -2.10. The van der Waals surface area contributed by atoms with E-state index in [-0.39, 0.29) is 5.75 Å². The summed E-state index contributed by atoms with van der Waals surface area (Å²) in [4.78, 5) is 11.4. The van der Waals surface area contributed by atoms with E-state index in [1.807, 2.05) is 30.3 Å². The van der Waals surface area contributed by atoms with Gasteiger partial charge in [-0.1, -0.05) is 53.0 Å². The molecule has 104 valence electrons. The van der Waals surface area contributed by atoms with Crippen molar-refractivity contribution < 1.29 is 14.3 Å². The quantitative estimate of drug-likeness (QED) is 0.462. The Balaban J connectivity index is 2.02. The zero-order valence-corrected chi connectivity index (χ0v) is 12.3. The maximum absolute atomic E-state index is 11.4. The van der Waals surface area contributed by atoms with Gasteiger partial charge in [-0.3, -0.25) is 0 Å². The minimum absolute atomic E-state index is 0.265. The van der Waals surface area contributed by atoms with E-state index in [2.05, 4.69) is 0 Å². The molecular weight excluding hydrogens is 323 g/mol. The molecule has 2 aromatic rings. The Morgan fingerprint density at radius 3 is 1.85 bits per heavy atom. The lowest BCUT2D eigenvalue weighted by molar-refractivity contribution is -0.133. The van der Waals surface area contributed by atoms with Crippen LogP contribution in [0.15, 0.2) is 54.6 Å². The average Bonchev–Trinajstić information content (AvgIpc) is 2.41. The van der Waals surface area contributed by atoms with Gasteiger partial charge in [0.15, 0.2) is 0 Å². The number of hydrogen-bond acceptors (Lipinski definition) is 3. The Morgan fingerprint density at radius 1 is 0.800 bits per heavy atom. The Kier molecular flexibility index (Phi) is 4.76. The van der Waals surface area contributed by atoms with Gasteiger partial charge in [-0.2, -0.15) is 0 Å². The first kappa shape index (κ1) is 15.0. The highest BCUT2D eigenvalue weighted by molar-refractivity contribution is 6.75. The maximum atomic E-state index is 11.4. The maximum Gasteiger partial charge on any atom is 0.363 e. The van der Waals surface area contributed by atoms with Crippen molar-refractivity contribution in [1.29, 1.82) is 0 Å². The minimum atomic E-state index is -2.10. The normalized spacial score (nSPS) is 10.9. The zero-order valence-electron chi connectivity index (χ0n) is 10.1. The van der Waals surface area contributed by atoms with Gasteiger partial charge in [0.1, 0.15) is 17.2 Å². The summed E-state index contributed by atoms with van der Waals surface area (Å²) in [6.07, 6.45) is 0. The van der Waals surface area contributed by atoms with Crippen LogP contribution in [0.4, 0.5) is 0 Å². The van der Waals surface area contributed by atoms with Gasteiger partial charge in [0.25, 0.3) is 3.79 Å². The number of para-hydroxylation sites is 1. The van der Waals surface area contributed by atoms with Gasteiger partial charge in [-0.25, -0.2) is 4.79 Å². The van der Waals surface area contributed by atoms with E-state index in [0.29, 0.717) is 11.5 Å². The largest absolute Gasteiger partial charge is 0.457 e. The molecule has 20 heavy (non-hydrogen) atoms. The van der Waals surface area contributed by atoms with E-state index in [1.54, 1.807) is 24.3 Å². The summed E-state index contributed by atoms with van der Waals surface area (Å²) >= 11 is 16.2. The number of esters is 1. The van der Waals surface area contributed by atoms with Crippen LogP contribution in [0, 0.1) is 0 Å². The summed E-state index contributed by atoms with van der Waals surface area (Å²) in [6, 6.07) is 15.7. The number of ether oxygens (including phenoxy) is 2. The molecule has 0 fully saturated rings. The highest BCUT2D eigenvalue weighted by Gasteiger charge is 2.33. The topological polar surface area (TPSA) is 35.5 Å². The van der Waals surface area contributed by atoms with Crippen molar-refractivity contribution in [2.24, 2.45) is 0 Å². The number of alkyl halides is 3. The van der Waals surface area contributed by atoms with Crippen LogP contribution in [0.3, 0.4) is 0 Å². The Labute approximate surface area is 131 Å². The highest BCUT2D eigenvalue weighted by Crippen LogP contribution is 2.29. The van der Waals surface area contributed by atoms with E-state index in [4.69, 9.17) is 44.3 Å². The van der Waals surface area contributed by atoms with Gasteiger partial charge in [-0.05, 0) is 36.4 Å². The molecule has 2 rings (SSSR count). The van der Waals surface area contributed by atoms with Crippen LogP contribution in [0.1, 0.15) is 0 Å². The van der Waals surface area contributed by atoms with Crippen molar-refractivity contribution in [1.82, 2.24) is 0 Å². The summed E-state index contributed by atoms with van der Waals surface area (Å²) < 4.78 is 8.38. The van der Waals surface area contributed by atoms with Gasteiger partial charge in [0, 0.05) is 0 Å². The Bertz CT molecular complexity index is 577. The minimum Gasteiger partial charge on any atom is -0.457 e. The predicted octanol–water partition coefficient (Wildman–Crippen LogP) is 4.75. The van der Waals surface area contributed by atoms with Crippen LogP contribution in [0.2, 0.25) is 0 Å². The number of halogens is 3. The molecule has 0 spiro atoms. The van der Waals surface area contributed by atoms with Crippen molar-refractivity contribution >= 4 is 40.8 Å². The van der Waals surface area contributed by atoms with Crippen LogP contribution in [-0.2, 0) is 4.79 Å². The number of hydrogen-bond donors (Lipinski definition) is 0. The first-order valence-corrected chi connectivity index (χ1v) is 6.70.